The second-order valence-corrected chi connectivity index (χ2v) is 3.93. The second kappa shape index (κ2) is 4.96. The first-order valence-electron chi connectivity index (χ1n) is 4.24. The molecule has 3 heteroatoms. The molecule has 0 aliphatic rings. The lowest BCUT2D eigenvalue weighted by molar-refractivity contribution is -0.131. The Kier molecular flexibility index (Phi) is 3.89. The summed E-state index contributed by atoms with van der Waals surface area (Å²) in [5.74, 6) is -0.905. The highest BCUT2D eigenvalue weighted by Gasteiger charge is 1.97. The molecule has 0 bridgehead atoms. The van der Waals surface area contributed by atoms with Gasteiger partial charge in [0, 0.05) is 10.5 Å². The second-order valence-electron chi connectivity index (χ2n) is 3.02. The molecule has 0 unspecified atom stereocenters. The van der Waals surface area contributed by atoms with Crippen LogP contribution in [0.4, 0.5) is 0 Å². The Morgan fingerprint density at radius 3 is 2.93 bits per heavy atom. The highest BCUT2D eigenvalue weighted by Crippen LogP contribution is 2.16. The summed E-state index contributed by atoms with van der Waals surface area (Å²) < 4.78 is 1.02. The van der Waals surface area contributed by atoms with Gasteiger partial charge in [0.15, 0.2) is 0 Å². The van der Waals surface area contributed by atoms with Crippen LogP contribution in [0.15, 0.2) is 34.8 Å². The Hall–Kier alpha value is -1.09. The molecule has 1 aromatic carbocycles. The van der Waals surface area contributed by atoms with Crippen LogP contribution in [0.2, 0.25) is 0 Å². The average molecular weight is 255 g/mol. The van der Waals surface area contributed by atoms with Gasteiger partial charge in [-0.15, -0.1) is 0 Å². The fraction of sp³-hybridized carbons (Fsp3) is 0.182. The predicted octanol–water partition coefficient (Wildman–Crippen LogP) is 2.94. The van der Waals surface area contributed by atoms with Crippen molar-refractivity contribution in [3.63, 3.8) is 0 Å². The number of carboxylic acid groups (broad SMARTS) is 1. The number of carbonyl (C=O) groups is 1. The Labute approximate surface area is 91.4 Å². The topological polar surface area (TPSA) is 37.3 Å². The molecule has 0 spiro atoms. The molecule has 0 aliphatic heterocycles. The van der Waals surface area contributed by atoms with E-state index in [1.807, 2.05) is 25.1 Å². The summed E-state index contributed by atoms with van der Waals surface area (Å²) in [5, 5.41) is 8.42. The number of halogens is 1. The molecule has 0 saturated heterocycles. The molecule has 0 fully saturated rings. The van der Waals surface area contributed by atoms with Gasteiger partial charge in [-0.25, -0.2) is 4.79 Å². The highest BCUT2D eigenvalue weighted by atomic mass is 79.9. The third kappa shape index (κ3) is 3.34. The Balaban J connectivity index is 2.76. The van der Waals surface area contributed by atoms with Crippen molar-refractivity contribution in [2.75, 3.05) is 0 Å². The van der Waals surface area contributed by atoms with Crippen LogP contribution in [0.3, 0.4) is 0 Å². The molecule has 0 heterocycles. The quantitative estimate of drug-likeness (QED) is 0.843. The zero-order valence-electron chi connectivity index (χ0n) is 7.83. The molecule has 74 valence electrons. The lowest BCUT2D eigenvalue weighted by Crippen LogP contribution is -1.90. The summed E-state index contributed by atoms with van der Waals surface area (Å²) in [6.07, 6.45) is 3.47. The zero-order valence-corrected chi connectivity index (χ0v) is 9.41. The van der Waals surface area contributed by atoms with E-state index >= 15 is 0 Å². The van der Waals surface area contributed by atoms with E-state index in [-0.39, 0.29) is 0 Å². The zero-order chi connectivity index (χ0) is 10.6. The lowest BCUT2D eigenvalue weighted by Gasteiger charge is -2.02. The summed E-state index contributed by atoms with van der Waals surface area (Å²) in [6, 6.07) is 5.98. The van der Waals surface area contributed by atoms with Crippen LogP contribution in [0.25, 0.3) is 0 Å². The normalized spacial score (nSPS) is 10.7. The first kappa shape index (κ1) is 11.0. The first-order chi connectivity index (χ1) is 6.59. The molecule has 0 saturated carbocycles. The van der Waals surface area contributed by atoms with Crippen molar-refractivity contribution in [2.45, 2.75) is 13.3 Å². The fourth-order valence-corrected chi connectivity index (χ4v) is 1.56. The average Bonchev–Trinajstić information content (AvgIpc) is 2.10. The van der Waals surface area contributed by atoms with Gasteiger partial charge in [-0.1, -0.05) is 28.1 Å². The summed E-state index contributed by atoms with van der Waals surface area (Å²) >= 11 is 3.38. The third-order valence-electron chi connectivity index (χ3n) is 1.91. The molecule has 0 amide bonds. The van der Waals surface area contributed by atoms with E-state index in [2.05, 4.69) is 15.9 Å². The largest absolute Gasteiger partial charge is 0.478 e. The van der Waals surface area contributed by atoms with Crippen molar-refractivity contribution in [3.8, 4) is 0 Å². The number of hydrogen-bond acceptors (Lipinski definition) is 1. The SMILES string of the molecule is Cc1ccc(Br)cc1C/C=C/C(=O)O. The lowest BCUT2D eigenvalue weighted by atomic mass is 10.1. The minimum atomic E-state index is -0.905. The smallest absolute Gasteiger partial charge is 0.327 e. The van der Waals surface area contributed by atoms with Crippen molar-refractivity contribution in [1.29, 1.82) is 0 Å². The first-order valence-corrected chi connectivity index (χ1v) is 5.03. The number of aliphatic carboxylic acids is 1. The van der Waals surface area contributed by atoms with Gasteiger partial charge in [0.1, 0.15) is 0 Å². The van der Waals surface area contributed by atoms with Crippen molar-refractivity contribution >= 4 is 21.9 Å². The van der Waals surface area contributed by atoms with E-state index in [1.165, 1.54) is 11.6 Å². The number of allylic oxidation sites excluding steroid dienone is 1. The van der Waals surface area contributed by atoms with Crippen LogP contribution >= 0.6 is 15.9 Å². The van der Waals surface area contributed by atoms with Gasteiger partial charge in [0.2, 0.25) is 0 Å². The Bertz CT molecular complexity index is 370. The Morgan fingerprint density at radius 1 is 1.57 bits per heavy atom. The number of carboxylic acids is 1. The maximum absolute atomic E-state index is 10.2. The van der Waals surface area contributed by atoms with Crippen LogP contribution in [-0.2, 0) is 11.2 Å². The van der Waals surface area contributed by atoms with Gasteiger partial charge in [-0.3, -0.25) is 0 Å². The van der Waals surface area contributed by atoms with E-state index in [0.717, 1.165) is 10.0 Å². The van der Waals surface area contributed by atoms with E-state index in [0.29, 0.717) is 6.42 Å². The fourth-order valence-electron chi connectivity index (χ4n) is 1.15. The van der Waals surface area contributed by atoms with E-state index in [4.69, 9.17) is 5.11 Å². The van der Waals surface area contributed by atoms with Crippen molar-refractivity contribution in [3.05, 3.63) is 46.0 Å². The van der Waals surface area contributed by atoms with Crippen molar-refractivity contribution < 1.29 is 9.90 Å². The molecular formula is C11H11BrO2. The van der Waals surface area contributed by atoms with Crippen LogP contribution in [0.5, 0.6) is 0 Å². The van der Waals surface area contributed by atoms with E-state index < -0.39 is 5.97 Å². The van der Waals surface area contributed by atoms with Crippen LogP contribution < -0.4 is 0 Å². The van der Waals surface area contributed by atoms with Crippen LogP contribution in [0.1, 0.15) is 11.1 Å². The number of benzene rings is 1. The number of aryl methyl sites for hydroxylation is 1. The molecule has 1 aromatic rings. The standard InChI is InChI=1S/C11H11BrO2/c1-8-5-6-10(12)7-9(8)3-2-4-11(13)14/h2,4-7H,3H2,1H3,(H,13,14)/b4-2+. The third-order valence-corrected chi connectivity index (χ3v) is 2.40. The highest BCUT2D eigenvalue weighted by molar-refractivity contribution is 9.10. The Morgan fingerprint density at radius 2 is 2.29 bits per heavy atom. The van der Waals surface area contributed by atoms with E-state index in [9.17, 15) is 4.79 Å². The monoisotopic (exact) mass is 254 g/mol. The van der Waals surface area contributed by atoms with Gasteiger partial charge < -0.3 is 5.11 Å². The maximum atomic E-state index is 10.2. The van der Waals surface area contributed by atoms with Gasteiger partial charge in [0.05, 0.1) is 0 Å². The molecule has 0 aliphatic carbocycles. The summed E-state index contributed by atoms with van der Waals surface area (Å²) in [4.78, 5) is 10.2. The summed E-state index contributed by atoms with van der Waals surface area (Å²) in [6.45, 7) is 2.01. The predicted molar refractivity (Wildman–Crippen MR) is 59.4 cm³/mol. The minimum Gasteiger partial charge on any atom is -0.478 e. The molecule has 1 N–H and O–H groups in total. The molecule has 14 heavy (non-hydrogen) atoms. The molecule has 0 aromatic heterocycles. The van der Waals surface area contributed by atoms with Gasteiger partial charge in [-0.05, 0) is 36.6 Å². The number of hydrogen-bond donors (Lipinski definition) is 1. The van der Waals surface area contributed by atoms with Gasteiger partial charge >= 0.3 is 5.97 Å². The summed E-state index contributed by atoms with van der Waals surface area (Å²) in [7, 11) is 0. The van der Waals surface area contributed by atoms with Crippen molar-refractivity contribution in [1.82, 2.24) is 0 Å². The molecular weight excluding hydrogens is 244 g/mol. The molecule has 1 rings (SSSR count). The minimum absolute atomic E-state index is 0.650. The van der Waals surface area contributed by atoms with Crippen molar-refractivity contribution in [2.24, 2.45) is 0 Å². The van der Waals surface area contributed by atoms with E-state index in [1.54, 1.807) is 6.08 Å². The molecule has 2 nitrogen and oxygen atoms in total. The van der Waals surface area contributed by atoms with Gasteiger partial charge in [0.25, 0.3) is 0 Å². The maximum Gasteiger partial charge on any atom is 0.327 e. The molecule has 0 atom stereocenters. The van der Waals surface area contributed by atoms with Crippen LogP contribution in [-0.4, -0.2) is 11.1 Å². The summed E-state index contributed by atoms with van der Waals surface area (Å²) in [5.41, 5.74) is 2.31. The van der Waals surface area contributed by atoms with Gasteiger partial charge in [-0.2, -0.15) is 0 Å². The van der Waals surface area contributed by atoms with Crippen LogP contribution in [0, 0.1) is 6.92 Å². The molecule has 0 radical (unpaired) electrons. The number of rotatable bonds is 3.